The Morgan fingerprint density at radius 2 is 2.22 bits per heavy atom. The Kier molecular flexibility index (Phi) is 2.76. The van der Waals surface area contributed by atoms with E-state index in [2.05, 4.69) is 10.2 Å². The fraction of sp³-hybridized carbons (Fsp3) is 0.545. The molecule has 1 N–H and O–H groups in total. The van der Waals surface area contributed by atoms with Crippen molar-refractivity contribution in [2.75, 3.05) is 0 Å². The number of carbonyl (C=O) groups is 2. The quantitative estimate of drug-likeness (QED) is 0.755. The van der Waals surface area contributed by atoms with Crippen LogP contribution in [0, 0.1) is 0 Å². The normalized spacial score (nSPS) is 18.6. The summed E-state index contributed by atoms with van der Waals surface area (Å²) in [6.07, 6.45) is 0.710. The van der Waals surface area contributed by atoms with Gasteiger partial charge in [0.05, 0.1) is 24.4 Å². The summed E-state index contributed by atoms with van der Waals surface area (Å²) in [7, 11) is 0. The van der Waals surface area contributed by atoms with E-state index in [1.165, 1.54) is 6.20 Å². The van der Waals surface area contributed by atoms with Crippen molar-refractivity contribution in [2.45, 2.75) is 39.0 Å². The third-order valence-electron chi connectivity index (χ3n) is 2.54. The number of nitrogens with zero attached hydrogens (tertiary/aromatic N) is 2. The molecule has 0 saturated heterocycles. The summed E-state index contributed by atoms with van der Waals surface area (Å²) >= 11 is 0. The summed E-state index contributed by atoms with van der Waals surface area (Å²) in [6.45, 7) is 5.28. The number of carbonyl (C=O) groups excluding carboxylic acids is 2. The molecule has 7 heteroatoms. The zero-order valence-electron chi connectivity index (χ0n) is 10.4. The van der Waals surface area contributed by atoms with Gasteiger partial charge in [-0.1, -0.05) is 0 Å². The summed E-state index contributed by atoms with van der Waals surface area (Å²) in [5.74, 6) is -1.35. The lowest BCUT2D eigenvalue weighted by Gasteiger charge is -2.29. The third-order valence-corrected chi connectivity index (χ3v) is 2.54. The number of hydrogen-bond donors (Lipinski definition) is 1. The molecule has 1 aliphatic heterocycles. The highest BCUT2D eigenvalue weighted by Crippen LogP contribution is 2.32. The van der Waals surface area contributed by atoms with Crippen LogP contribution in [0.3, 0.4) is 0 Å². The Labute approximate surface area is 104 Å². The largest absolute Gasteiger partial charge is 0.547 e. The predicted octanol–water partition coefficient (Wildman–Crippen LogP) is -0.0486. The van der Waals surface area contributed by atoms with E-state index in [0.29, 0.717) is 11.3 Å². The van der Waals surface area contributed by atoms with E-state index in [1.807, 2.05) is 0 Å². The first-order valence-electron chi connectivity index (χ1n) is 5.52. The Morgan fingerprint density at radius 1 is 1.56 bits per heavy atom. The van der Waals surface area contributed by atoms with Crippen molar-refractivity contribution in [1.29, 1.82) is 0 Å². The molecule has 98 valence electrons. The van der Waals surface area contributed by atoms with Crippen molar-refractivity contribution in [3.05, 3.63) is 17.5 Å². The van der Waals surface area contributed by atoms with Crippen LogP contribution >= 0.6 is 0 Å². The second kappa shape index (κ2) is 4.01. The Morgan fingerprint density at radius 3 is 2.78 bits per heavy atom. The number of aromatic amines is 1. The molecule has 0 saturated carbocycles. The molecule has 2 rings (SSSR count). The van der Waals surface area contributed by atoms with Gasteiger partial charge in [0.1, 0.15) is 11.6 Å². The van der Waals surface area contributed by atoms with E-state index >= 15 is 0 Å². The Hall–Kier alpha value is -2.05. The number of carboxylic acids is 1. The minimum absolute atomic E-state index is 0.128. The first kappa shape index (κ1) is 12.4. The molecule has 1 aromatic heterocycles. The van der Waals surface area contributed by atoms with E-state index in [-0.39, 0.29) is 6.54 Å². The van der Waals surface area contributed by atoms with Crippen LogP contribution in [0.4, 0.5) is 4.79 Å². The zero-order chi connectivity index (χ0) is 13.5. The second-order valence-corrected chi connectivity index (χ2v) is 5.13. The molecule has 2 heterocycles. The highest BCUT2D eigenvalue weighted by atomic mass is 16.6. The van der Waals surface area contributed by atoms with Crippen LogP contribution < -0.4 is 5.11 Å². The predicted molar refractivity (Wildman–Crippen MR) is 58.1 cm³/mol. The number of hydrogen-bond acceptors (Lipinski definition) is 5. The van der Waals surface area contributed by atoms with Crippen LogP contribution in [0.1, 0.15) is 38.1 Å². The summed E-state index contributed by atoms with van der Waals surface area (Å²) in [6, 6.07) is -1.14. The molecule has 1 aliphatic rings. The van der Waals surface area contributed by atoms with Crippen molar-refractivity contribution in [3.63, 3.8) is 0 Å². The number of carboxylic acid groups (broad SMARTS) is 1. The van der Waals surface area contributed by atoms with Crippen LogP contribution in [-0.4, -0.2) is 32.8 Å². The van der Waals surface area contributed by atoms with Crippen molar-refractivity contribution in [2.24, 2.45) is 0 Å². The topological polar surface area (TPSA) is 98.3 Å². The van der Waals surface area contributed by atoms with Crippen molar-refractivity contribution < 1.29 is 19.4 Å². The van der Waals surface area contributed by atoms with Crippen LogP contribution in [0.15, 0.2) is 6.20 Å². The Bertz CT molecular complexity index is 489. The fourth-order valence-electron chi connectivity index (χ4n) is 1.86. The molecule has 0 radical (unpaired) electrons. The SMILES string of the molecule is CC(C)(C)OC(=O)N1Cc2[nH]ncc2C1C(=O)[O-]. The number of H-pyrrole nitrogens is 1. The highest BCUT2D eigenvalue weighted by Gasteiger charge is 2.38. The Balaban J connectivity index is 2.23. The second-order valence-electron chi connectivity index (χ2n) is 5.13. The molecule has 18 heavy (non-hydrogen) atoms. The van der Waals surface area contributed by atoms with Crippen molar-refractivity contribution >= 4 is 12.1 Å². The standard InChI is InChI=1S/C11H15N3O4/c1-11(2,3)18-10(17)14-5-7-6(4-12-13-7)8(14)9(15)16/h4,8H,5H2,1-3H3,(H,12,13)(H,15,16)/p-1. The number of aromatic nitrogens is 2. The molecule has 1 aromatic rings. The minimum atomic E-state index is -1.35. The van der Waals surface area contributed by atoms with Crippen LogP contribution in [0.25, 0.3) is 0 Å². The first-order chi connectivity index (χ1) is 8.29. The molecule has 0 fully saturated rings. The van der Waals surface area contributed by atoms with E-state index in [1.54, 1.807) is 20.8 Å². The van der Waals surface area contributed by atoms with Gasteiger partial charge in [-0.2, -0.15) is 5.10 Å². The van der Waals surface area contributed by atoms with Gasteiger partial charge in [-0.3, -0.25) is 10.00 Å². The molecular weight excluding hydrogens is 238 g/mol. The lowest BCUT2D eigenvalue weighted by molar-refractivity contribution is -0.311. The smallest absolute Gasteiger partial charge is 0.411 e. The van der Waals surface area contributed by atoms with E-state index in [9.17, 15) is 14.7 Å². The number of nitrogens with one attached hydrogen (secondary N) is 1. The van der Waals surface area contributed by atoms with Crippen LogP contribution in [0.5, 0.6) is 0 Å². The van der Waals surface area contributed by atoms with Crippen molar-refractivity contribution in [1.82, 2.24) is 15.1 Å². The maximum atomic E-state index is 11.9. The summed E-state index contributed by atoms with van der Waals surface area (Å²) in [5.41, 5.74) is 0.359. The number of ether oxygens (including phenoxy) is 1. The van der Waals surface area contributed by atoms with Gasteiger partial charge in [0.25, 0.3) is 0 Å². The van der Waals surface area contributed by atoms with Gasteiger partial charge >= 0.3 is 6.09 Å². The maximum Gasteiger partial charge on any atom is 0.411 e. The van der Waals surface area contributed by atoms with E-state index in [0.717, 1.165) is 4.90 Å². The average Bonchev–Trinajstić information content (AvgIpc) is 2.70. The fourth-order valence-corrected chi connectivity index (χ4v) is 1.86. The number of rotatable bonds is 1. The number of fused-ring (bicyclic) bond motifs is 1. The van der Waals surface area contributed by atoms with Gasteiger partial charge in [0, 0.05) is 5.56 Å². The zero-order valence-corrected chi connectivity index (χ0v) is 10.4. The molecule has 0 aromatic carbocycles. The molecule has 1 amide bonds. The molecule has 0 bridgehead atoms. The summed E-state index contributed by atoms with van der Waals surface area (Å²) in [4.78, 5) is 24.2. The van der Waals surface area contributed by atoms with Crippen molar-refractivity contribution in [3.8, 4) is 0 Å². The van der Waals surface area contributed by atoms with E-state index < -0.39 is 23.7 Å². The van der Waals surface area contributed by atoms with Gasteiger partial charge in [0.15, 0.2) is 0 Å². The monoisotopic (exact) mass is 252 g/mol. The molecule has 0 spiro atoms. The summed E-state index contributed by atoms with van der Waals surface area (Å²) in [5, 5.41) is 17.6. The average molecular weight is 252 g/mol. The van der Waals surface area contributed by atoms with Gasteiger partial charge in [-0.25, -0.2) is 4.79 Å². The molecule has 1 unspecified atom stereocenters. The van der Waals surface area contributed by atoms with E-state index in [4.69, 9.17) is 4.74 Å². The first-order valence-corrected chi connectivity index (χ1v) is 5.52. The third kappa shape index (κ3) is 2.15. The molecule has 1 atom stereocenters. The summed E-state index contributed by atoms with van der Waals surface area (Å²) < 4.78 is 5.16. The molecule has 0 aliphatic carbocycles. The molecule has 7 nitrogen and oxygen atoms in total. The van der Waals surface area contributed by atoms with Crippen LogP contribution in [0.2, 0.25) is 0 Å². The maximum absolute atomic E-state index is 11.9. The highest BCUT2D eigenvalue weighted by molar-refractivity contribution is 5.82. The number of amides is 1. The lowest BCUT2D eigenvalue weighted by atomic mass is 10.1. The van der Waals surface area contributed by atoms with Gasteiger partial charge in [-0.05, 0) is 20.8 Å². The number of aliphatic carboxylic acids is 1. The molecular formula is C11H14N3O4-. The van der Waals surface area contributed by atoms with Gasteiger partial charge < -0.3 is 14.6 Å². The van der Waals surface area contributed by atoms with Crippen LogP contribution in [-0.2, 0) is 16.1 Å². The minimum Gasteiger partial charge on any atom is -0.547 e. The lowest BCUT2D eigenvalue weighted by Crippen LogP contribution is -2.43. The van der Waals surface area contributed by atoms with Gasteiger partial charge in [0.2, 0.25) is 0 Å². The van der Waals surface area contributed by atoms with Gasteiger partial charge in [-0.15, -0.1) is 0 Å².